The Labute approximate surface area is 165 Å². The number of hydrogen-bond donors (Lipinski definition) is 1. The van der Waals surface area contributed by atoms with Gasteiger partial charge in [-0.2, -0.15) is 0 Å². The van der Waals surface area contributed by atoms with Crippen molar-refractivity contribution in [2.45, 2.75) is 26.0 Å². The highest BCUT2D eigenvalue weighted by Gasteiger charge is 2.17. The lowest BCUT2D eigenvalue weighted by atomic mass is 10.1. The summed E-state index contributed by atoms with van der Waals surface area (Å²) < 4.78 is 16.6. The monoisotopic (exact) mass is 379 g/mol. The summed E-state index contributed by atoms with van der Waals surface area (Å²) in [4.78, 5) is 12.4. The molecule has 0 spiro atoms. The van der Waals surface area contributed by atoms with Crippen LogP contribution in [0.15, 0.2) is 66.7 Å². The van der Waals surface area contributed by atoms with Crippen LogP contribution in [0, 0.1) is 0 Å². The molecule has 0 saturated heterocycles. The minimum Gasteiger partial charge on any atom is -0.497 e. The highest BCUT2D eigenvalue weighted by molar-refractivity contribution is 5.84. The normalized spacial score (nSPS) is 12.8. The van der Waals surface area contributed by atoms with Gasteiger partial charge in [-0.15, -0.1) is 0 Å². The molecule has 3 aromatic rings. The van der Waals surface area contributed by atoms with Gasteiger partial charge < -0.3 is 19.5 Å². The molecular formula is C23H25NO4. The zero-order chi connectivity index (χ0) is 19.9. The Morgan fingerprint density at radius 3 is 2.25 bits per heavy atom. The van der Waals surface area contributed by atoms with Gasteiger partial charge in [-0.1, -0.05) is 30.3 Å². The molecule has 5 nitrogen and oxygen atoms in total. The quantitative estimate of drug-likeness (QED) is 0.637. The highest BCUT2D eigenvalue weighted by Crippen LogP contribution is 2.21. The Kier molecular flexibility index (Phi) is 6.37. The molecular weight excluding hydrogens is 354 g/mol. The first-order valence-corrected chi connectivity index (χ1v) is 9.28. The van der Waals surface area contributed by atoms with Gasteiger partial charge in [-0.3, -0.25) is 4.79 Å². The molecule has 1 amide bonds. The summed E-state index contributed by atoms with van der Waals surface area (Å²) >= 11 is 0. The highest BCUT2D eigenvalue weighted by atomic mass is 16.5. The molecule has 0 saturated carbocycles. The fourth-order valence-corrected chi connectivity index (χ4v) is 2.79. The van der Waals surface area contributed by atoms with E-state index < -0.39 is 6.10 Å². The molecule has 1 N–H and O–H groups in total. The van der Waals surface area contributed by atoms with E-state index in [2.05, 4.69) is 5.32 Å². The molecule has 0 unspecified atom stereocenters. The summed E-state index contributed by atoms with van der Waals surface area (Å²) in [6.45, 7) is 3.99. The predicted molar refractivity (Wildman–Crippen MR) is 110 cm³/mol. The van der Waals surface area contributed by atoms with Gasteiger partial charge in [0.2, 0.25) is 0 Å². The summed E-state index contributed by atoms with van der Waals surface area (Å²) in [5.41, 5.74) is 0. The van der Waals surface area contributed by atoms with Gasteiger partial charge in [0.1, 0.15) is 23.9 Å². The van der Waals surface area contributed by atoms with Crippen LogP contribution < -0.4 is 19.5 Å². The molecule has 0 bridgehead atoms. The summed E-state index contributed by atoms with van der Waals surface area (Å²) in [6.07, 6.45) is -0.607. The largest absolute Gasteiger partial charge is 0.497 e. The van der Waals surface area contributed by atoms with Crippen molar-refractivity contribution in [3.8, 4) is 17.2 Å². The molecule has 28 heavy (non-hydrogen) atoms. The predicted octanol–water partition coefficient (Wildman–Crippen LogP) is 4.20. The Morgan fingerprint density at radius 1 is 0.893 bits per heavy atom. The SMILES string of the molecule is COc1ccc(OC[C@@H](C)NC(=O)[C@@H](C)Oc2ccc3ccccc3c2)cc1. The average molecular weight is 379 g/mol. The fraction of sp³-hybridized carbons (Fsp3) is 0.261. The number of methoxy groups -OCH3 is 1. The summed E-state index contributed by atoms with van der Waals surface area (Å²) in [5.74, 6) is 1.98. The Bertz CT molecular complexity index is 923. The maximum Gasteiger partial charge on any atom is 0.261 e. The molecule has 0 aliphatic carbocycles. The van der Waals surface area contributed by atoms with E-state index in [-0.39, 0.29) is 11.9 Å². The molecule has 0 aromatic heterocycles. The van der Waals surface area contributed by atoms with E-state index in [0.717, 1.165) is 22.3 Å². The number of carbonyl (C=O) groups excluding carboxylic acids is 1. The molecule has 0 aliphatic rings. The first-order valence-electron chi connectivity index (χ1n) is 9.28. The lowest BCUT2D eigenvalue weighted by molar-refractivity contribution is -0.128. The second kappa shape index (κ2) is 9.13. The standard InChI is InChI=1S/C23H25NO4/c1-16(15-27-21-12-10-20(26-3)11-13-21)24-23(25)17(2)28-22-9-8-18-6-4-5-7-19(18)14-22/h4-14,16-17H,15H2,1-3H3,(H,24,25)/t16-,17-/m1/s1. The number of nitrogens with one attached hydrogen (secondary N) is 1. The van der Waals surface area contributed by atoms with Crippen LogP contribution in [0.3, 0.4) is 0 Å². The summed E-state index contributed by atoms with van der Waals surface area (Å²) in [6, 6.07) is 21.0. The number of hydrogen-bond acceptors (Lipinski definition) is 4. The Balaban J connectivity index is 1.49. The smallest absolute Gasteiger partial charge is 0.261 e. The second-order valence-corrected chi connectivity index (χ2v) is 6.67. The third-order valence-corrected chi connectivity index (χ3v) is 4.35. The minimum absolute atomic E-state index is 0.155. The first-order chi connectivity index (χ1) is 13.5. The lowest BCUT2D eigenvalue weighted by Crippen LogP contribution is -2.43. The fourth-order valence-electron chi connectivity index (χ4n) is 2.79. The van der Waals surface area contributed by atoms with Crippen molar-refractivity contribution in [2.24, 2.45) is 0 Å². The van der Waals surface area contributed by atoms with E-state index in [1.165, 1.54) is 0 Å². The van der Waals surface area contributed by atoms with E-state index in [9.17, 15) is 4.79 Å². The Morgan fingerprint density at radius 2 is 1.54 bits per heavy atom. The summed E-state index contributed by atoms with van der Waals surface area (Å²) in [7, 11) is 1.62. The van der Waals surface area contributed by atoms with Gasteiger partial charge in [0, 0.05) is 0 Å². The first kappa shape index (κ1) is 19.5. The minimum atomic E-state index is -0.607. The van der Waals surface area contributed by atoms with Gasteiger partial charge in [0.25, 0.3) is 5.91 Å². The van der Waals surface area contributed by atoms with Crippen LogP contribution in [-0.2, 0) is 4.79 Å². The summed E-state index contributed by atoms with van der Waals surface area (Å²) in [5, 5.41) is 5.13. The van der Waals surface area contributed by atoms with Gasteiger partial charge in [-0.25, -0.2) is 0 Å². The van der Waals surface area contributed by atoms with Crippen molar-refractivity contribution in [1.82, 2.24) is 5.32 Å². The molecule has 3 rings (SSSR count). The number of fused-ring (bicyclic) bond motifs is 1. The number of amides is 1. The van der Waals surface area contributed by atoms with Crippen LogP contribution >= 0.6 is 0 Å². The number of benzene rings is 3. The van der Waals surface area contributed by atoms with Gasteiger partial charge in [0.05, 0.1) is 13.2 Å². The second-order valence-electron chi connectivity index (χ2n) is 6.67. The van der Waals surface area contributed by atoms with Crippen LogP contribution in [-0.4, -0.2) is 31.8 Å². The molecule has 3 aromatic carbocycles. The van der Waals surface area contributed by atoms with Crippen molar-refractivity contribution in [3.63, 3.8) is 0 Å². The van der Waals surface area contributed by atoms with Gasteiger partial charge in [0.15, 0.2) is 6.10 Å². The number of carbonyl (C=O) groups is 1. The zero-order valence-corrected chi connectivity index (χ0v) is 16.3. The molecule has 2 atom stereocenters. The zero-order valence-electron chi connectivity index (χ0n) is 16.3. The molecule has 0 aliphatic heterocycles. The molecule has 146 valence electrons. The average Bonchev–Trinajstić information content (AvgIpc) is 2.72. The van der Waals surface area contributed by atoms with Crippen molar-refractivity contribution in [2.75, 3.05) is 13.7 Å². The van der Waals surface area contributed by atoms with E-state index >= 15 is 0 Å². The third-order valence-electron chi connectivity index (χ3n) is 4.35. The maximum absolute atomic E-state index is 12.4. The molecule has 5 heteroatoms. The van der Waals surface area contributed by atoms with Crippen molar-refractivity contribution in [3.05, 3.63) is 66.7 Å². The maximum atomic E-state index is 12.4. The lowest BCUT2D eigenvalue weighted by Gasteiger charge is -2.19. The van der Waals surface area contributed by atoms with Crippen molar-refractivity contribution >= 4 is 16.7 Å². The van der Waals surface area contributed by atoms with Gasteiger partial charge in [-0.05, 0) is 61.0 Å². The van der Waals surface area contributed by atoms with Crippen LogP contribution in [0.1, 0.15) is 13.8 Å². The van der Waals surface area contributed by atoms with Crippen LogP contribution in [0.2, 0.25) is 0 Å². The van der Waals surface area contributed by atoms with E-state index in [4.69, 9.17) is 14.2 Å². The number of ether oxygens (including phenoxy) is 3. The number of rotatable bonds is 8. The van der Waals surface area contributed by atoms with E-state index in [0.29, 0.717) is 12.4 Å². The van der Waals surface area contributed by atoms with Crippen molar-refractivity contribution in [1.29, 1.82) is 0 Å². The van der Waals surface area contributed by atoms with Crippen LogP contribution in [0.5, 0.6) is 17.2 Å². The Hall–Kier alpha value is -3.21. The van der Waals surface area contributed by atoms with Crippen molar-refractivity contribution < 1.29 is 19.0 Å². The van der Waals surface area contributed by atoms with E-state index in [1.807, 2.05) is 73.7 Å². The third kappa shape index (κ3) is 5.16. The van der Waals surface area contributed by atoms with E-state index in [1.54, 1.807) is 14.0 Å². The molecule has 0 radical (unpaired) electrons. The van der Waals surface area contributed by atoms with Crippen LogP contribution in [0.4, 0.5) is 0 Å². The molecule has 0 fully saturated rings. The molecule has 0 heterocycles. The van der Waals surface area contributed by atoms with Gasteiger partial charge >= 0.3 is 0 Å². The van der Waals surface area contributed by atoms with Crippen LogP contribution in [0.25, 0.3) is 10.8 Å². The topological polar surface area (TPSA) is 56.8 Å².